The van der Waals surface area contributed by atoms with E-state index < -0.39 is 5.97 Å². The Kier molecular flexibility index (Phi) is 4.48. The normalized spacial score (nSPS) is 17.0. The molecule has 2 rings (SSSR count). The van der Waals surface area contributed by atoms with Gasteiger partial charge in [-0.1, -0.05) is 22.0 Å². The highest BCUT2D eigenvalue weighted by Gasteiger charge is 2.13. The second-order valence-electron chi connectivity index (χ2n) is 4.00. The van der Waals surface area contributed by atoms with E-state index in [4.69, 9.17) is 5.11 Å². The Morgan fingerprint density at radius 3 is 2.71 bits per heavy atom. The van der Waals surface area contributed by atoms with Crippen LogP contribution in [0.4, 0.5) is 0 Å². The zero-order valence-corrected chi connectivity index (χ0v) is 11.8. The Balaban J connectivity index is 2.08. The summed E-state index contributed by atoms with van der Waals surface area (Å²) in [5, 5.41) is 8.89. The predicted octanol–water partition coefficient (Wildman–Crippen LogP) is 2.70. The Bertz CT molecular complexity index is 419. The van der Waals surface area contributed by atoms with Crippen molar-refractivity contribution >= 4 is 33.7 Å². The molecule has 1 aromatic carbocycles. The quantitative estimate of drug-likeness (QED) is 0.931. The first-order valence-corrected chi connectivity index (χ1v) is 7.43. The first-order valence-electron chi connectivity index (χ1n) is 5.48. The first-order chi connectivity index (χ1) is 8.16. The van der Waals surface area contributed by atoms with Crippen LogP contribution in [0.25, 0.3) is 0 Å². The highest BCUT2D eigenvalue weighted by molar-refractivity contribution is 9.10. The van der Waals surface area contributed by atoms with Crippen LogP contribution >= 0.6 is 27.7 Å². The molecule has 0 bridgehead atoms. The van der Waals surface area contributed by atoms with Gasteiger partial charge >= 0.3 is 5.97 Å². The van der Waals surface area contributed by atoms with E-state index >= 15 is 0 Å². The smallest absolute Gasteiger partial charge is 0.335 e. The molecule has 0 unspecified atom stereocenters. The average molecular weight is 316 g/mol. The van der Waals surface area contributed by atoms with Gasteiger partial charge in [0.2, 0.25) is 0 Å². The topological polar surface area (TPSA) is 40.5 Å². The molecule has 1 saturated heterocycles. The van der Waals surface area contributed by atoms with Gasteiger partial charge in [0.1, 0.15) is 0 Å². The Morgan fingerprint density at radius 2 is 2.12 bits per heavy atom. The van der Waals surface area contributed by atoms with Crippen molar-refractivity contribution < 1.29 is 9.90 Å². The minimum atomic E-state index is -0.883. The Hall–Kier alpha value is -0.520. The second kappa shape index (κ2) is 5.89. The van der Waals surface area contributed by atoms with E-state index in [9.17, 15) is 4.79 Å². The molecule has 5 heteroatoms. The third-order valence-corrected chi connectivity index (χ3v) is 4.48. The van der Waals surface area contributed by atoms with Gasteiger partial charge in [-0.2, -0.15) is 11.8 Å². The third kappa shape index (κ3) is 3.47. The van der Waals surface area contributed by atoms with E-state index in [0.29, 0.717) is 5.56 Å². The van der Waals surface area contributed by atoms with Crippen LogP contribution in [0.2, 0.25) is 0 Å². The molecule has 1 heterocycles. The maximum Gasteiger partial charge on any atom is 0.335 e. The van der Waals surface area contributed by atoms with Crippen molar-refractivity contribution in [2.75, 3.05) is 24.6 Å². The Labute approximate surface area is 113 Å². The number of thioether (sulfide) groups is 1. The third-order valence-electron chi connectivity index (χ3n) is 2.80. The molecular weight excluding hydrogens is 302 g/mol. The maximum atomic E-state index is 10.8. The van der Waals surface area contributed by atoms with E-state index in [2.05, 4.69) is 20.8 Å². The molecule has 0 atom stereocenters. The fourth-order valence-electron chi connectivity index (χ4n) is 1.81. The van der Waals surface area contributed by atoms with E-state index in [1.807, 2.05) is 17.8 Å². The van der Waals surface area contributed by atoms with Gasteiger partial charge in [-0.15, -0.1) is 0 Å². The lowest BCUT2D eigenvalue weighted by atomic mass is 10.1. The lowest BCUT2D eigenvalue weighted by molar-refractivity contribution is 0.0697. The van der Waals surface area contributed by atoms with Gasteiger partial charge in [-0.05, 0) is 17.7 Å². The number of carbonyl (C=O) groups is 1. The zero-order valence-electron chi connectivity index (χ0n) is 9.36. The summed E-state index contributed by atoms with van der Waals surface area (Å²) >= 11 is 5.44. The lowest BCUT2D eigenvalue weighted by Crippen LogP contribution is -2.32. The lowest BCUT2D eigenvalue weighted by Gasteiger charge is -2.26. The van der Waals surface area contributed by atoms with Crippen molar-refractivity contribution in [1.82, 2.24) is 4.90 Å². The standard InChI is InChI=1S/C12H14BrNO2S/c13-11-7-9(12(15)16)1-2-10(11)8-14-3-5-17-6-4-14/h1-2,7H,3-6,8H2,(H,15,16). The van der Waals surface area contributed by atoms with Gasteiger partial charge < -0.3 is 5.11 Å². The van der Waals surface area contributed by atoms with Gasteiger partial charge in [-0.3, -0.25) is 4.90 Å². The van der Waals surface area contributed by atoms with Crippen molar-refractivity contribution in [3.63, 3.8) is 0 Å². The number of aromatic carboxylic acids is 1. The molecule has 0 aliphatic carbocycles. The molecule has 1 fully saturated rings. The molecule has 0 amide bonds. The largest absolute Gasteiger partial charge is 0.478 e. The zero-order chi connectivity index (χ0) is 12.3. The molecule has 1 aliphatic rings. The summed E-state index contributed by atoms with van der Waals surface area (Å²) in [6.45, 7) is 3.11. The first kappa shape index (κ1) is 12.9. The van der Waals surface area contributed by atoms with E-state index in [1.165, 1.54) is 11.5 Å². The van der Waals surface area contributed by atoms with Gasteiger partial charge in [0.25, 0.3) is 0 Å². The number of carboxylic acid groups (broad SMARTS) is 1. The summed E-state index contributed by atoms with van der Waals surface area (Å²) in [5.74, 6) is 1.49. The number of hydrogen-bond acceptors (Lipinski definition) is 3. The number of rotatable bonds is 3. The number of halogens is 1. The maximum absolute atomic E-state index is 10.8. The fraction of sp³-hybridized carbons (Fsp3) is 0.417. The SMILES string of the molecule is O=C(O)c1ccc(CN2CCSCC2)c(Br)c1. The van der Waals surface area contributed by atoms with Crippen molar-refractivity contribution in [3.8, 4) is 0 Å². The summed E-state index contributed by atoms with van der Waals surface area (Å²) in [5.41, 5.74) is 1.48. The van der Waals surface area contributed by atoms with Crippen LogP contribution in [-0.2, 0) is 6.54 Å². The van der Waals surface area contributed by atoms with Gasteiger partial charge in [0.15, 0.2) is 0 Å². The summed E-state index contributed by atoms with van der Waals surface area (Å²) < 4.78 is 0.885. The summed E-state index contributed by atoms with van der Waals surface area (Å²) in [4.78, 5) is 13.2. The van der Waals surface area contributed by atoms with Crippen molar-refractivity contribution in [2.24, 2.45) is 0 Å². The summed E-state index contributed by atoms with van der Waals surface area (Å²) in [6, 6.07) is 5.24. The molecule has 0 spiro atoms. The monoisotopic (exact) mass is 315 g/mol. The molecule has 0 radical (unpaired) electrons. The summed E-state index contributed by atoms with van der Waals surface area (Å²) in [7, 11) is 0. The van der Waals surface area contributed by atoms with Crippen LogP contribution in [-0.4, -0.2) is 40.6 Å². The van der Waals surface area contributed by atoms with Gasteiger partial charge in [0, 0.05) is 35.6 Å². The van der Waals surface area contributed by atoms with E-state index in [-0.39, 0.29) is 0 Å². The number of carboxylic acids is 1. The molecule has 0 saturated carbocycles. The molecule has 17 heavy (non-hydrogen) atoms. The molecular formula is C12H14BrNO2S. The average Bonchev–Trinajstić information content (AvgIpc) is 2.33. The van der Waals surface area contributed by atoms with Crippen molar-refractivity contribution in [3.05, 3.63) is 33.8 Å². The number of hydrogen-bond donors (Lipinski definition) is 1. The second-order valence-corrected chi connectivity index (χ2v) is 6.08. The summed E-state index contributed by atoms with van der Waals surface area (Å²) in [6.07, 6.45) is 0. The van der Waals surface area contributed by atoms with E-state index in [0.717, 1.165) is 29.7 Å². The highest BCUT2D eigenvalue weighted by Crippen LogP contribution is 2.21. The van der Waals surface area contributed by atoms with Crippen LogP contribution in [0.3, 0.4) is 0 Å². The molecule has 3 nitrogen and oxygen atoms in total. The number of nitrogens with zero attached hydrogens (tertiary/aromatic N) is 1. The van der Waals surface area contributed by atoms with Gasteiger partial charge in [0.05, 0.1) is 5.56 Å². The molecule has 92 valence electrons. The van der Waals surface area contributed by atoms with E-state index in [1.54, 1.807) is 12.1 Å². The molecule has 0 aromatic heterocycles. The van der Waals surface area contributed by atoms with Crippen LogP contribution in [0.5, 0.6) is 0 Å². The predicted molar refractivity (Wildman–Crippen MR) is 73.7 cm³/mol. The molecule has 1 aliphatic heterocycles. The van der Waals surface area contributed by atoms with Crippen molar-refractivity contribution in [2.45, 2.75) is 6.54 Å². The van der Waals surface area contributed by atoms with Crippen molar-refractivity contribution in [1.29, 1.82) is 0 Å². The van der Waals surface area contributed by atoms with Crippen LogP contribution in [0.1, 0.15) is 15.9 Å². The Morgan fingerprint density at radius 1 is 1.41 bits per heavy atom. The molecule has 1 aromatic rings. The van der Waals surface area contributed by atoms with Crippen LogP contribution in [0, 0.1) is 0 Å². The minimum Gasteiger partial charge on any atom is -0.478 e. The fourth-order valence-corrected chi connectivity index (χ4v) is 3.29. The minimum absolute atomic E-state index is 0.329. The van der Waals surface area contributed by atoms with Gasteiger partial charge in [-0.25, -0.2) is 4.79 Å². The van der Waals surface area contributed by atoms with Crippen LogP contribution < -0.4 is 0 Å². The molecule has 1 N–H and O–H groups in total. The highest BCUT2D eigenvalue weighted by atomic mass is 79.9. The van der Waals surface area contributed by atoms with Crippen LogP contribution in [0.15, 0.2) is 22.7 Å². The number of benzene rings is 1.